The van der Waals surface area contributed by atoms with Gasteiger partial charge in [-0.3, -0.25) is 0 Å². The highest BCUT2D eigenvalue weighted by Gasteiger charge is 2.38. The Morgan fingerprint density at radius 1 is 1.29 bits per heavy atom. The Labute approximate surface area is 121 Å². The summed E-state index contributed by atoms with van der Waals surface area (Å²) in [6, 6.07) is 8.98. The number of alkyl halides is 3. The zero-order valence-electron chi connectivity index (χ0n) is 11.4. The molecule has 3 nitrogen and oxygen atoms in total. The van der Waals surface area contributed by atoms with Crippen molar-refractivity contribution in [1.29, 1.82) is 0 Å². The molecule has 6 heteroatoms. The number of rotatable bonds is 4. The number of benzene rings is 1. The third-order valence-electron chi connectivity index (χ3n) is 2.93. The molecule has 1 atom stereocenters. The van der Waals surface area contributed by atoms with E-state index in [0.29, 0.717) is 13.0 Å². The summed E-state index contributed by atoms with van der Waals surface area (Å²) in [7, 11) is 0. The van der Waals surface area contributed by atoms with Crippen LogP contribution >= 0.6 is 0 Å². The molecular formula is C15H16F3NO2. The maximum Gasteiger partial charge on any atom is 0.458 e. The Bertz CT molecular complexity index is 501. The second-order valence-corrected chi connectivity index (χ2v) is 4.65. The normalized spacial score (nSPS) is 18.7. The van der Waals surface area contributed by atoms with Gasteiger partial charge in [-0.25, -0.2) is 4.99 Å². The standard InChI is InChI=1S/C15H16F3NO2/c16-15(17,18)13(21-14-8-4-5-9-20-14)11-19-10-12-6-2-1-3-7-12/h1-3,6-7,14H,4-5,8-10H2. The van der Waals surface area contributed by atoms with Crippen molar-refractivity contribution in [3.63, 3.8) is 0 Å². The molecule has 21 heavy (non-hydrogen) atoms. The van der Waals surface area contributed by atoms with Gasteiger partial charge in [0.25, 0.3) is 5.76 Å². The number of ether oxygens (including phenoxy) is 2. The van der Waals surface area contributed by atoms with Crippen molar-refractivity contribution < 1.29 is 22.6 Å². The van der Waals surface area contributed by atoms with Crippen LogP contribution in [-0.4, -0.2) is 24.9 Å². The number of hydrogen-bond donors (Lipinski definition) is 0. The lowest BCUT2D eigenvalue weighted by atomic mass is 10.2. The van der Waals surface area contributed by atoms with E-state index in [4.69, 9.17) is 9.47 Å². The van der Waals surface area contributed by atoms with Crippen molar-refractivity contribution in [2.24, 2.45) is 4.99 Å². The van der Waals surface area contributed by atoms with Gasteiger partial charge in [0.1, 0.15) is 0 Å². The fourth-order valence-electron chi connectivity index (χ4n) is 1.88. The molecule has 1 unspecified atom stereocenters. The zero-order chi connectivity index (χ0) is 15.1. The summed E-state index contributed by atoms with van der Waals surface area (Å²) >= 11 is 0. The van der Waals surface area contributed by atoms with Crippen LogP contribution in [0.25, 0.3) is 0 Å². The van der Waals surface area contributed by atoms with Crippen molar-refractivity contribution in [1.82, 2.24) is 0 Å². The van der Waals surface area contributed by atoms with Crippen LogP contribution in [0.2, 0.25) is 0 Å². The molecule has 1 saturated heterocycles. The Kier molecular flexibility index (Phi) is 5.42. The van der Waals surface area contributed by atoms with Gasteiger partial charge < -0.3 is 9.47 Å². The molecule has 0 spiro atoms. The van der Waals surface area contributed by atoms with Gasteiger partial charge in [0, 0.05) is 12.3 Å². The van der Waals surface area contributed by atoms with E-state index in [-0.39, 0.29) is 6.54 Å². The molecule has 0 aliphatic carbocycles. The second kappa shape index (κ2) is 7.29. The predicted molar refractivity (Wildman–Crippen MR) is 71.8 cm³/mol. The summed E-state index contributed by atoms with van der Waals surface area (Å²) in [6.45, 7) is 0.534. The van der Waals surface area contributed by atoms with E-state index in [2.05, 4.69) is 4.99 Å². The number of halogens is 3. The van der Waals surface area contributed by atoms with Crippen LogP contribution in [0.15, 0.2) is 41.1 Å². The van der Waals surface area contributed by atoms with Gasteiger partial charge in [-0.15, -0.1) is 0 Å². The lowest BCUT2D eigenvalue weighted by Crippen LogP contribution is -2.27. The van der Waals surface area contributed by atoms with E-state index < -0.39 is 18.2 Å². The molecule has 0 amide bonds. The maximum atomic E-state index is 12.9. The molecule has 1 aromatic rings. The molecular weight excluding hydrogens is 283 g/mol. The summed E-state index contributed by atoms with van der Waals surface area (Å²) in [6.07, 6.45) is -3.42. The van der Waals surface area contributed by atoms with Crippen LogP contribution in [0, 0.1) is 0 Å². The van der Waals surface area contributed by atoms with Gasteiger partial charge >= 0.3 is 6.18 Å². The molecule has 0 N–H and O–H groups in total. The number of aliphatic imine (C=N–C) groups is 1. The van der Waals surface area contributed by atoms with E-state index >= 15 is 0 Å². The predicted octanol–water partition coefficient (Wildman–Crippen LogP) is 3.85. The van der Waals surface area contributed by atoms with Gasteiger partial charge in [-0.1, -0.05) is 30.3 Å². The Balaban J connectivity index is 2.05. The number of allylic oxidation sites excluding steroid dienone is 1. The van der Waals surface area contributed by atoms with Crippen molar-refractivity contribution in [2.75, 3.05) is 6.61 Å². The van der Waals surface area contributed by atoms with Gasteiger partial charge in [-0.2, -0.15) is 13.2 Å². The van der Waals surface area contributed by atoms with Crippen LogP contribution in [0.1, 0.15) is 24.8 Å². The van der Waals surface area contributed by atoms with Crippen molar-refractivity contribution in [3.8, 4) is 0 Å². The van der Waals surface area contributed by atoms with Gasteiger partial charge in [0.2, 0.25) is 6.29 Å². The summed E-state index contributed by atoms with van der Waals surface area (Å²) < 4.78 is 48.6. The minimum atomic E-state index is -4.62. The molecule has 1 heterocycles. The molecule has 1 aromatic carbocycles. The van der Waals surface area contributed by atoms with E-state index in [1.165, 1.54) is 0 Å². The fourth-order valence-corrected chi connectivity index (χ4v) is 1.88. The maximum absolute atomic E-state index is 12.9. The average Bonchev–Trinajstić information content (AvgIpc) is 2.47. The molecule has 0 aromatic heterocycles. The highest BCUT2D eigenvalue weighted by molar-refractivity contribution is 5.57. The Morgan fingerprint density at radius 3 is 2.67 bits per heavy atom. The summed E-state index contributed by atoms with van der Waals surface area (Å²) in [4.78, 5) is 3.69. The number of hydrogen-bond acceptors (Lipinski definition) is 3. The van der Waals surface area contributed by atoms with Crippen LogP contribution in [0.3, 0.4) is 0 Å². The van der Waals surface area contributed by atoms with Gasteiger partial charge in [-0.05, 0) is 18.4 Å². The largest absolute Gasteiger partial charge is 0.458 e. The third-order valence-corrected chi connectivity index (χ3v) is 2.93. The fraction of sp³-hybridized carbons (Fsp3) is 0.467. The summed E-state index contributed by atoms with van der Waals surface area (Å²) in [5, 5.41) is 0. The summed E-state index contributed by atoms with van der Waals surface area (Å²) in [5.74, 6) is 0.739. The van der Waals surface area contributed by atoms with Crippen LogP contribution < -0.4 is 0 Å². The van der Waals surface area contributed by atoms with Crippen molar-refractivity contribution in [2.45, 2.75) is 38.3 Å². The smallest absolute Gasteiger partial charge is 0.451 e. The first-order valence-corrected chi connectivity index (χ1v) is 6.74. The van der Waals surface area contributed by atoms with Crippen molar-refractivity contribution in [3.05, 3.63) is 41.7 Å². The molecule has 2 rings (SSSR count). The first-order valence-electron chi connectivity index (χ1n) is 6.74. The minimum absolute atomic E-state index is 0.120. The highest BCUT2D eigenvalue weighted by atomic mass is 19.4. The molecule has 1 aliphatic heterocycles. The van der Waals surface area contributed by atoms with Crippen LogP contribution in [0.4, 0.5) is 13.2 Å². The molecule has 0 bridgehead atoms. The third kappa shape index (κ3) is 5.25. The minimum Gasteiger partial charge on any atom is -0.451 e. The van der Waals surface area contributed by atoms with E-state index in [0.717, 1.165) is 18.4 Å². The quantitative estimate of drug-likeness (QED) is 0.624. The van der Waals surface area contributed by atoms with Crippen molar-refractivity contribution >= 4 is 5.87 Å². The van der Waals surface area contributed by atoms with Crippen LogP contribution in [0.5, 0.6) is 0 Å². The highest BCUT2D eigenvalue weighted by Crippen LogP contribution is 2.27. The van der Waals surface area contributed by atoms with E-state index in [9.17, 15) is 13.2 Å². The van der Waals surface area contributed by atoms with Gasteiger partial charge in [0.05, 0.1) is 13.2 Å². The average molecular weight is 299 g/mol. The van der Waals surface area contributed by atoms with Crippen LogP contribution in [-0.2, 0) is 16.0 Å². The Hall–Kier alpha value is -1.78. The zero-order valence-corrected chi connectivity index (χ0v) is 11.4. The molecule has 1 fully saturated rings. The lowest BCUT2D eigenvalue weighted by Gasteiger charge is -2.24. The lowest BCUT2D eigenvalue weighted by molar-refractivity contribution is -0.194. The molecule has 0 radical (unpaired) electrons. The monoisotopic (exact) mass is 299 g/mol. The number of nitrogens with zero attached hydrogens (tertiary/aromatic N) is 1. The Morgan fingerprint density at radius 2 is 2.05 bits per heavy atom. The second-order valence-electron chi connectivity index (χ2n) is 4.65. The first-order chi connectivity index (χ1) is 10.1. The topological polar surface area (TPSA) is 30.8 Å². The van der Waals surface area contributed by atoms with Gasteiger partial charge in [0.15, 0.2) is 0 Å². The molecule has 114 valence electrons. The summed E-state index contributed by atoms with van der Waals surface area (Å²) in [5.41, 5.74) is 0.806. The molecule has 1 aliphatic rings. The molecule has 0 saturated carbocycles. The SMILES string of the molecule is FC(F)(F)C(=C=NCc1ccccc1)OC1CCCCO1. The van der Waals surface area contributed by atoms with E-state index in [1.807, 2.05) is 11.9 Å². The van der Waals surface area contributed by atoms with E-state index in [1.54, 1.807) is 24.3 Å². The first kappa shape index (κ1) is 15.6.